The van der Waals surface area contributed by atoms with Crippen LogP contribution in [0, 0.1) is 0 Å². The standard InChI is InChI=1S/C23H18N2O5/c26-23(25-24-9-3-4-15-7-8-18-19(10-15)29-14-28-18)22-13-27-20-11-16-5-1-2-6-17(16)12-21(20)30-22/h1-12,22H,13-14H2,(H,25,26)/b4-3+,24-9+/t22-/m1/s1. The average Bonchev–Trinajstić information content (AvgIpc) is 3.25. The Balaban J connectivity index is 1.18. The number of ether oxygens (including phenoxy) is 4. The van der Waals surface area contributed by atoms with Crippen molar-refractivity contribution in [3.05, 3.63) is 66.2 Å². The lowest BCUT2D eigenvalue weighted by Gasteiger charge is -2.25. The van der Waals surface area contributed by atoms with Crippen LogP contribution in [-0.4, -0.2) is 31.6 Å². The molecule has 3 aromatic rings. The first-order valence-corrected chi connectivity index (χ1v) is 9.48. The molecule has 0 radical (unpaired) electrons. The van der Waals surface area contributed by atoms with Crippen LogP contribution in [0.2, 0.25) is 0 Å². The third kappa shape index (κ3) is 3.65. The Hall–Kier alpha value is -4.00. The molecule has 0 saturated heterocycles. The van der Waals surface area contributed by atoms with Crippen molar-refractivity contribution in [3.8, 4) is 23.0 Å². The predicted molar refractivity (Wildman–Crippen MR) is 112 cm³/mol. The zero-order valence-electron chi connectivity index (χ0n) is 15.9. The maximum absolute atomic E-state index is 12.3. The molecule has 7 heteroatoms. The highest BCUT2D eigenvalue weighted by Crippen LogP contribution is 2.36. The van der Waals surface area contributed by atoms with Crippen molar-refractivity contribution in [2.75, 3.05) is 13.4 Å². The molecule has 0 aromatic heterocycles. The number of benzene rings is 3. The lowest BCUT2D eigenvalue weighted by molar-refractivity contribution is -0.130. The molecule has 0 unspecified atom stereocenters. The second-order valence-corrected chi connectivity index (χ2v) is 6.79. The van der Waals surface area contributed by atoms with E-state index in [-0.39, 0.29) is 19.3 Å². The third-order valence-corrected chi connectivity index (χ3v) is 4.78. The smallest absolute Gasteiger partial charge is 0.284 e. The molecule has 0 aliphatic carbocycles. The molecule has 1 amide bonds. The number of amides is 1. The van der Waals surface area contributed by atoms with E-state index >= 15 is 0 Å². The second kappa shape index (κ2) is 7.79. The number of allylic oxidation sites excluding steroid dienone is 1. The maximum atomic E-state index is 12.3. The quantitative estimate of drug-likeness (QED) is 0.534. The zero-order valence-corrected chi connectivity index (χ0v) is 15.9. The van der Waals surface area contributed by atoms with Gasteiger partial charge in [-0.25, -0.2) is 5.43 Å². The molecule has 0 spiro atoms. The molecule has 1 N–H and O–H groups in total. The summed E-state index contributed by atoms with van der Waals surface area (Å²) in [4.78, 5) is 12.3. The fraction of sp³-hybridized carbons (Fsp3) is 0.130. The van der Waals surface area contributed by atoms with Gasteiger partial charge in [0.2, 0.25) is 12.9 Å². The van der Waals surface area contributed by atoms with Crippen LogP contribution in [0.15, 0.2) is 65.8 Å². The molecule has 3 aromatic carbocycles. The number of hydrogen-bond donors (Lipinski definition) is 1. The van der Waals surface area contributed by atoms with Gasteiger partial charge in [-0.2, -0.15) is 5.10 Å². The number of carbonyl (C=O) groups is 1. The monoisotopic (exact) mass is 402 g/mol. The van der Waals surface area contributed by atoms with Crippen molar-refractivity contribution in [2.24, 2.45) is 5.10 Å². The SMILES string of the molecule is O=C(N/N=C/C=C/c1ccc2c(c1)OCO2)[C@H]1COc2cc3ccccc3cc2O1. The van der Waals surface area contributed by atoms with Gasteiger partial charge in [-0.15, -0.1) is 0 Å². The molecule has 7 nitrogen and oxygen atoms in total. The van der Waals surface area contributed by atoms with Crippen LogP contribution in [0.4, 0.5) is 0 Å². The van der Waals surface area contributed by atoms with E-state index in [2.05, 4.69) is 10.5 Å². The molecule has 1 atom stereocenters. The van der Waals surface area contributed by atoms with Crippen LogP contribution in [0.3, 0.4) is 0 Å². The summed E-state index contributed by atoms with van der Waals surface area (Å²) >= 11 is 0. The first kappa shape index (κ1) is 18.1. The number of hydrazone groups is 1. The van der Waals surface area contributed by atoms with Crippen molar-refractivity contribution < 1.29 is 23.7 Å². The van der Waals surface area contributed by atoms with Crippen LogP contribution < -0.4 is 24.4 Å². The fourth-order valence-electron chi connectivity index (χ4n) is 3.27. The number of carbonyl (C=O) groups excluding carboxylic acids is 1. The average molecular weight is 402 g/mol. The Labute approximate surface area is 172 Å². The van der Waals surface area contributed by atoms with Gasteiger partial charge in [0.05, 0.1) is 0 Å². The summed E-state index contributed by atoms with van der Waals surface area (Å²) in [5.74, 6) is 2.25. The van der Waals surface area contributed by atoms with Crippen LogP contribution >= 0.6 is 0 Å². The van der Waals surface area contributed by atoms with Crippen molar-refractivity contribution in [1.82, 2.24) is 5.43 Å². The number of fused-ring (bicyclic) bond motifs is 3. The Morgan fingerprint density at radius 3 is 2.57 bits per heavy atom. The molecule has 5 rings (SSSR count). The highest BCUT2D eigenvalue weighted by molar-refractivity contribution is 5.87. The van der Waals surface area contributed by atoms with E-state index in [0.29, 0.717) is 17.2 Å². The van der Waals surface area contributed by atoms with E-state index in [1.165, 1.54) is 6.21 Å². The minimum atomic E-state index is -0.770. The van der Waals surface area contributed by atoms with Gasteiger partial charge in [-0.1, -0.05) is 36.4 Å². The van der Waals surface area contributed by atoms with Gasteiger partial charge in [0.25, 0.3) is 5.91 Å². The summed E-state index contributed by atoms with van der Waals surface area (Å²) in [6, 6.07) is 17.3. The Bertz CT molecular complexity index is 1170. The summed E-state index contributed by atoms with van der Waals surface area (Å²) in [7, 11) is 0. The van der Waals surface area contributed by atoms with Crippen molar-refractivity contribution in [3.63, 3.8) is 0 Å². The highest BCUT2D eigenvalue weighted by Gasteiger charge is 2.27. The van der Waals surface area contributed by atoms with Gasteiger partial charge in [-0.3, -0.25) is 4.79 Å². The molecule has 0 bridgehead atoms. The van der Waals surface area contributed by atoms with Gasteiger partial charge in [0.15, 0.2) is 23.0 Å². The predicted octanol–water partition coefficient (Wildman–Crippen LogP) is 3.52. The van der Waals surface area contributed by atoms with Crippen LogP contribution in [0.5, 0.6) is 23.0 Å². The normalized spacial score (nSPS) is 17.0. The van der Waals surface area contributed by atoms with E-state index < -0.39 is 6.10 Å². The molecule has 30 heavy (non-hydrogen) atoms. The van der Waals surface area contributed by atoms with Gasteiger partial charge >= 0.3 is 0 Å². The second-order valence-electron chi connectivity index (χ2n) is 6.79. The van der Waals surface area contributed by atoms with Crippen LogP contribution in [0.1, 0.15) is 5.56 Å². The Morgan fingerprint density at radius 2 is 1.70 bits per heavy atom. The van der Waals surface area contributed by atoms with E-state index in [1.54, 1.807) is 6.08 Å². The zero-order chi connectivity index (χ0) is 20.3. The minimum Gasteiger partial charge on any atom is -0.485 e. The Kier molecular flexibility index (Phi) is 4.69. The summed E-state index contributed by atoms with van der Waals surface area (Å²) < 4.78 is 22.2. The molecule has 2 aliphatic rings. The number of hydrogen-bond acceptors (Lipinski definition) is 6. The molecular formula is C23H18N2O5. The highest BCUT2D eigenvalue weighted by atomic mass is 16.7. The van der Waals surface area contributed by atoms with E-state index in [0.717, 1.165) is 22.1 Å². The van der Waals surface area contributed by atoms with Gasteiger partial charge < -0.3 is 18.9 Å². The molecule has 2 aliphatic heterocycles. The van der Waals surface area contributed by atoms with Crippen molar-refractivity contribution in [2.45, 2.75) is 6.10 Å². The molecule has 0 saturated carbocycles. The molecule has 0 fully saturated rings. The summed E-state index contributed by atoms with van der Waals surface area (Å²) in [6.07, 6.45) is 4.29. The van der Waals surface area contributed by atoms with Crippen LogP contribution in [-0.2, 0) is 4.79 Å². The lowest BCUT2D eigenvalue weighted by atomic mass is 10.1. The minimum absolute atomic E-state index is 0.125. The van der Waals surface area contributed by atoms with E-state index in [4.69, 9.17) is 18.9 Å². The fourth-order valence-corrected chi connectivity index (χ4v) is 3.27. The number of nitrogens with one attached hydrogen (secondary N) is 1. The summed E-state index contributed by atoms with van der Waals surface area (Å²) in [5.41, 5.74) is 3.41. The van der Waals surface area contributed by atoms with Crippen molar-refractivity contribution in [1.29, 1.82) is 0 Å². The van der Waals surface area contributed by atoms with Gasteiger partial charge in [0.1, 0.15) is 6.61 Å². The number of nitrogens with zero attached hydrogens (tertiary/aromatic N) is 1. The van der Waals surface area contributed by atoms with Gasteiger partial charge in [-0.05, 0) is 46.7 Å². The summed E-state index contributed by atoms with van der Waals surface area (Å²) in [6.45, 7) is 0.364. The van der Waals surface area contributed by atoms with E-state index in [1.807, 2.05) is 60.7 Å². The lowest BCUT2D eigenvalue weighted by Crippen LogP contribution is -2.42. The first-order chi connectivity index (χ1) is 14.8. The van der Waals surface area contributed by atoms with Gasteiger partial charge in [0, 0.05) is 6.21 Å². The van der Waals surface area contributed by atoms with E-state index in [9.17, 15) is 4.79 Å². The molecular weight excluding hydrogens is 384 g/mol. The maximum Gasteiger partial charge on any atom is 0.284 e. The molecule has 2 heterocycles. The Morgan fingerprint density at radius 1 is 0.933 bits per heavy atom. The van der Waals surface area contributed by atoms with Crippen molar-refractivity contribution >= 4 is 29.0 Å². The van der Waals surface area contributed by atoms with Crippen LogP contribution in [0.25, 0.3) is 16.8 Å². The molecule has 150 valence electrons. The first-order valence-electron chi connectivity index (χ1n) is 9.48. The number of rotatable bonds is 4. The summed E-state index contributed by atoms with van der Waals surface area (Å²) in [5, 5.41) is 6.02. The largest absolute Gasteiger partial charge is 0.485 e. The topological polar surface area (TPSA) is 78.4 Å². The third-order valence-electron chi connectivity index (χ3n) is 4.78.